The van der Waals surface area contributed by atoms with E-state index in [0.29, 0.717) is 19.8 Å². The SMILES string of the molecule is CNC(O)COCCOCCCCOC. The van der Waals surface area contributed by atoms with Crippen molar-refractivity contribution in [3.8, 4) is 0 Å². The van der Waals surface area contributed by atoms with Gasteiger partial charge in [0.1, 0.15) is 6.23 Å². The molecule has 0 aromatic rings. The van der Waals surface area contributed by atoms with Gasteiger partial charge in [-0.05, 0) is 19.9 Å². The van der Waals surface area contributed by atoms with Crippen LogP contribution in [0.2, 0.25) is 0 Å². The molecule has 1 unspecified atom stereocenters. The van der Waals surface area contributed by atoms with Gasteiger partial charge in [-0.25, -0.2) is 0 Å². The van der Waals surface area contributed by atoms with Crippen LogP contribution < -0.4 is 5.32 Å². The molecule has 0 aliphatic rings. The van der Waals surface area contributed by atoms with Crippen LogP contribution >= 0.6 is 0 Å². The number of methoxy groups -OCH3 is 1. The third-order valence-electron chi connectivity index (χ3n) is 1.87. The highest BCUT2D eigenvalue weighted by molar-refractivity contribution is 4.44. The quantitative estimate of drug-likeness (QED) is 0.379. The molecule has 1 atom stereocenters. The van der Waals surface area contributed by atoms with Gasteiger partial charge in [0, 0.05) is 20.3 Å². The molecule has 0 rings (SSSR count). The average Bonchev–Trinajstić information content (AvgIpc) is 2.26. The molecule has 0 fully saturated rings. The van der Waals surface area contributed by atoms with Crippen molar-refractivity contribution in [2.45, 2.75) is 19.1 Å². The smallest absolute Gasteiger partial charge is 0.128 e. The largest absolute Gasteiger partial charge is 0.385 e. The highest BCUT2D eigenvalue weighted by atomic mass is 16.5. The van der Waals surface area contributed by atoms with Gasteiger partial charge in [-0.2, -0.15) is 0 Å². The number of rotatable bonds is 11. The molecule has 2 N–H and O–H groups in total. The average molecular weight is 221 g/mol. The summed E-state index contributed by atoms with van der Waals surface area (Å²) in [5.74, 6) is 0. The zero-order valence-electron chi connectivity index (χ0n) is 9.70. The Kier molecular flexibility index (Phi) is 11.7. The molecule has 0 aliphatic carbocycles. The number of aliphatic hydroxyl groups is 1. The van der Waals surface area contributed by atoms with Gasteiger partial charge in [-0.3, -0.25) is 5.32 Å². The molecule has 15 heavy (non-hydrogen) atoms. The van der Waals surface area contributed by atoms with Gasteiger partial charge in [-0.1, -0.05) is 0 Å². The van der Waals surface area contributed by atoms with Crippen molar-refractivity contribution >= 4 is 0 Å². The minimum absolute atomic E-state index is 0.295. The summed E-state index contributed by atoms with van der Waals surface area (Å²) in [6, 6.07) is 0. The fraction of sp³-hybridized carbons (Fsp3) is 1.00. The Morgan fingerprint density at radius 3 is 2.40 bits per heavy atom. The maximum absolute atomic E-state index is 9.07. The molecule has 0 saturated heterocycles. The van der Waals surface area contributed by atoms with Crippen molar-refractivity contribution in [3.63, 3.8) is 0 Å². The van der Waals surface area contributed by atoms with Gasteiger partial charge in [0.25, 0.3) is 0 Å². The number of ether oxygens (including phenoxy) is 3. The second-order valence-corrected chi connectivity index (χ2v) is 3.19. The highest BCUT2D eigenvalue weighted by Crippen LogP contribution is 1.90. The minimum Gasteiger partial charge on any atom is -0.385 e. The first-order valence-electron chi connectivity index (χ1n) is 5.31. The molecular weight excluding hydrogens is 198 g/mol. The van der Waals surface area contributed by atoms with E-state index in [1.807, 2.05) is 0 Å². The number of aliphatic hydroxyl groups excluding tert-OH is 1. The first-order chi connectivity index (χ1) is 7.31. The summed E-state index contributed by atoms with van der Waals surface area (Å²) in [5.41, 5.74) is 0. The van der Waals surface area contributed by atoms with Gasteiger partial charge in [-0.15, -0.1) is 0 Å². The monoisotopic (exact) mass is 221 g/mol. The highest BCUT2D eigenvalue weighted by Gasteiger charge is 1.98. The van der Waals surface area contributed by atoms with Crippen LogP contribution in [-0.2, 0) is 14.2 Å². The molecule has 0 bridgehead atoms. The molecule has 0 aromatic carbocycles. The number of hydrogen-bond acceptors (Lipinski definition) is 5. The number of hydrogen-bond donors (Lipinski definition) is 2. The molecule has 0 spiro atoms. The van der Waals surface area contributed by atoms with Gasteiger partial charge < -0.3 is 19.3 Å². The normalized spacial score (nSPS) is 13.0. The van der Waals surface area contributed by atoms with Crippen LogP contribution in [0.5, 0.6) is 0 Å². The maximum Gasteiger partial charge on any atom is 0.128 e. The molecule has 92 valence electrons. The van der Waals surface area contributed by atoms with E-state index >= 15 is 0 Å². The topological polar surface area (TPSA) is 60.0 Å². The van der Waals surface area contributed by atoms with Crippen molar-refractivity contribution in [1.82, 2.24) is 5.32 Å². The molecular formula is C10H23NO4. The fourth-order valence-electron chi connectivity index (χ4n) is 0.949. The standard InChI is InChI=1S/C10H23NO4/c1-11-10(12)9-15-8-7-14-6-4-3-5-13-2/h10-12H,3-9H2,1-2H3. The number of likely N-dealkylation sites (N-methyl/N-ethyl adjacent to an activating group) is 1. The van der Waals surface area contributed by atoms with Crippen molar-refractivity contribution < 1.29 is 19.3 Å². The predicted molar refractivity (Wildman–Crippen MR) is 57.8 cm³/mol. The van der Waals surface area contributed by atoms with Gasteiger partial charge in [0.05, 0.1) is 19.8 Å². The first-order valence-corrected chi connectivity index (χ1v) is 5.31. The third kappa shape index (κ3) is 11.7. The molecule has 0 saturated carbocycles. The van der Waals surface area contributed by atoms with Crippen molar-refractivity contribution in [2.75, 3.05) is 47.2 Å². The molecule has 0 radical (unpaired) electrons. The summed E-state index contributed by atoms with van der Waals surface area (Å²) in [5, 5.41) is 11.7. The van der Waals surface area contributed by atoms with Crippen LogP contribution in [0.4, 0.5) is 0 Å². The van der Waals surface area contributed by atoms with Crippen molar-refractivity contribution in [2.24, 2.45) is 0 Å². The zero-order valence-corrected chi connectivity index (χ0v) is 9.70. The van der Waals surface area contributed by atoms with E-state index in [2.05, 4.69) is 5.32 Å². The Morgan fingerprint density at radius 2 is 1.73 bits per heavy atom. The lowest BCUT2D eigenvalue weighted by atomic mass is 10.3. The van der Waals surface area contributed by atoms with Gasteiger partial charge in [0.15, 0.2) is 0 Å². The lowest BCUT2D eigenvalue weighted by molar-refractivity contribution is -0.00555. The minimum atomic E-state index is -0.591. The molecule has 0 aromatic heterocycles. The van der Waals surface area contributed by atoms with Crippen molar-refractivity contribution in [3.05, 3.63) is 0 Å². The second kappa shape index (κ2) is 11.9. The Labute approximate surface area is 91.7 Å². The lowest BCUT2D eigenvalue weighted by Crippen LogP contribution is -2.30. The second-order valence-electron chi connectivity index (χ2n) is 3.19. The van der Waals surface area contributed by atoms with Crippen LogP contribution in [0.1, 0.15) is 12.8 Å². The predicted octanol–water partition coefficient (Wildman–Crippen LogP) is -0.0160. The number of unbranched alkanes of at least 4 members (excludes halogenated alkanes) is 1. The molecule has 0 amide bonds. The van der Waals surface area contributed by atoms with Gasteiger partial charge >= 0.3 is 0 Å². The van der Waals surface area contributed by atoms with E-state index in [-0.39, 0.29) is 0 Å². The van der Waals surface area contributed by atoms with Crippen molar-refractivity contribution in [1.29, 1.82) is 0 Å². The zero-order chi connectivity index (χ0) is 11.4. The number of nitrogens with one attached hydrogen (secondary N) is 1. The summed E-state index contributed by atoms with van der Waals surface area (Å²) in [4.78, 5) is 0. The van der Waals surface area contributed by atoms with Crippen LogP contribution in [0.15, 0.2) is 0 Å². The molecule has 0 heterocycles. The first kappa shape index (κ1) is 14.8. The van der Waals surface area contributed by atoms with Crippen LogP contribution in [0.25, 0.3) is 0 Å². The summed E-state index contributed by atoms with van der Waals surface area (Å²) in [6.07, 6.45) is 1.44. The van der Waals surface area contributed by atoms with E-state index < -0.39 is 6.23 Å². The van der Waals surface area contributed by atoms with Crippen LogP contribution in [0, 0.1) is 0 Å². The summed E-state index contributed by atoms with van der Waals surface area (Å²) in [6.45, 7) is 2.91. The Bertz CT molecular complexity index is 124. The van der Waals surface area contributed by atoms with Crippen LogP contribution in [0.3, 0.4) is 0 Å². The third-order valence-corrected chi connectivity index (χ3v) is 1.87. The summed E-state index contributed by atoms with van der Waals surface area (Å²) < 4.78 is 15.4. The fourth-order valence-corrected chi connectivity index (χ4v) is 0.949. The van der Waals surface area contributed by atoms with Crippen LogP contribution in [-0.4, -0.2) is 58.5 Å². The van der Waals surface area contributed by atoms with E-state index in [0.717, 1.165) is 26.1 Å². The molecule has 0 aliphatic heterocycles. The van der Waals surface area contributed by atoms with E-state index in [4.69, 9.17) is 19.3 Å². The lowest BCUT2D eigenvalue weighted by Gasteiger charge is -2.09. The van der Waals surface area contributed by atoms with E-state index in [1.165, 1.54) is 0 Å². The molecule has 5 heteroatoms. The summed E-state index contributed by atoms with van der Waals surface area (Å²) >= 11 is 0. The van der Waals surface area contributed by atoms with Gasteiger partial charge in [0.2, 0.25) is 0 Å². The Morgan fingerprint density at radius 1 is 1.07 bits per heavy atom. The van der Waals surface area contributed by atoms with E-state index in [9.17, 15) is 0 Å². The maximum atomic E-state index is 9.07. The summed E-state index contributed by atoms with van der Waals surface area (Å²) in [7, 11) is 3.38. The Hall–Kier alpha value is -0.200. The van der Waals surface area contributed by atoms with E-state index in [1.54, 1.807) is 14.2 Å². The molecule has 5 nitrogen and oxygen atoms in total. The Balaban J connectivity index is 2.92.